The maximum Gasteiger partial charge on any atom is 0.227 e. The van der Waals surface area contributed by atoms with E-state index in [2.05, 4.69) is 31.1 Å². The van der Waals surface area contributed by atoms with Gasteiger partial charge in [0.25, 0.3) is 0 Å². The summed E-state index contributed by atoms with van der Waals surface area (Å²) in [6, 6.07) is -0.123. The lowest BCUT2D eigenvalue weighted by Crippen LogP contribution is -2.23. The van der Waals surface area contributed by atoms with Crippen LogP contribution < -0.4 is 11.1 Å². The second kappa shape index (κ2) is 4.93. The van der Waals surface area contributed by atoms with Gasteiger partial charge in [-0.1, -0.05) is 20.8 Å². The van der Waals surface area contributed by atoms with Crippen LogP contribution in [0.25, 0.3) is 0 Å². The smallest absolute Gasteiger partial charge is 0.227 e. The van der Waals surface area contributed by atoms with Gasteiger partial charge in [0.1, 0.15) is 0 Å². The van der Waals surface area contributed by atoms with Crippen molar-refractivity contribution in [2.45, 2.75) is 45.6 Å². The van der Waals surface area contributed by atoms with Crippen LogP contribution in [0.3, 0.4) is 0 Å². The predicted molar refractivity (Wildman–Crippen MR) is 67.7 cm³/mol. The molecule has 0 aliphatic rings. The minimum absolute atomic E-state index is 0.0712. The van der Waals surface area contributed by atoms with Crippen molar-refractivity contribution in [2.24, 2.45) is 5.73 Å². The first-order valence-corrected chi connectivity index (χ1v) is 6.12. The van der Waals surface area contributed by atoms with Gasteiger partial charge in [0.15, 0.2) is 5.13 Å². The van der Waals surface area contributed by atoms with Gasteiger partial charge >= 0.3 is 0 Å². The summed E-state index contributed by atoms with van der Waals surface area (Å²) in [5.41, 5.74) is 5.61. The second-order valence-corrected chi connectivity index (χ2v) is 6.04. The van der Waals surface area contributed by atoms with Gasteiger partial charge in [0.2, 0.25) is 5.91 Å². The molecular weight excluding hydrogens is 222 g/mol. The van der Waals surface area contributed by atoms with Gasteiger partial charge in [-0.3, -0.25) is 4.79 Å². The minimum atomic E-state index is -0.123. The van der Waals surface area contributed by atoms with Crippen LogP contribution in [0.4, 0.5) is 5.13 Å². The monoisotopic (exact) mass is 241 g/mol. The quantitative estimate of drug-likeness (QED) is 0.851. The number of hydrogen-bond donors (Lipinski definition) is 2. The molecule has 1 aromatic rings. The zero-order chi connectivity index (χ0) is 12.3. The standard InChI is InChI=1S/C11H19N3OS/c1-7(12)5-9(15)14-10-13-6-8(16-10)11(2,3)4/h6-7H,5,12H2,1-4H3,(H,13,14,15). The van der Waals surface area contributed by atoms with Crippen LogP contribution in [0.15, 0.2) is 6.20 Å². The van der Waals surface area contributed by atoms with E-state index in [1.807, 2.05) is 13.1 Å². The third-order valence-corrected chi connectivity index (χ3v) is 3.34. The molecule has 16 heavy (non-hydrogen) atoms. The summed E-state index contributed by atoms with van der Waals surface area (Å²) in [6.07, 6.45) is 2.14. The maximum absolute atomic E-state index is 11.5. The lowest BCUT2D eigenvalue weighted by molar-refractivity contribution is -0.116. The fraction of sp³-hybridized carbons (Fsp3) is 0.636. The Kier molecular flexibility index (Phi) is 4.04. The van der Waals surface area contributed by atoms with Crippen LogP contribution in [-0.4, -0.2) is 16.9 Å². The predicted octanol–water partition coefficient (Wildman–Crippen LogP) is 2.12. The average Bonchev–Trinajstić information content (AvgIpc) is 2.49. The van der Waals surface area contributed by atoms with E-state index in [0.717, 1.165) is 4.88 Å². The molecule has 1 rings (SSSR count). The Balaban J connectivity index is 2.62. The third kappa shape index (κ3) is 3.90. The Labute approximate surface area is 100 Å². The Morgan fingerprint density at radius 3 is 2.69 bits per heavy atom. The molecule has 0 aliphatic heterocycles. The highest BCUT2D eigenvalue weighted by molar-refractivity contribution is 7.15. The third-order valence-electron chi connectivity index (χ3n) is 2.00. The van der Waals surface area contributed by atoms with Crippen molar-refractivity contribution >= 4 is 22.4 Å². The second-order valence-electron chi connectivity index (χ2n) is 5.01. The molecule has 0 radical (unpaired) electrons. The summed E-state index contributed by atoms with van der Waals surface area (Å²) in [5.74, 6) is -0.0789. The molecule has 4 nitrogen and oxygen atoms in total. The van der Waals surface area contributed by atoms with Crippen LogP contribution in [0.2, 0.25) is 0 Å². The van der Waals surface area contributed by atoms with Gasteiger partial charge in [-0.05, 0) is 12.3 Å². The highest BCUT2D eigenvalue weighted by Crippen LogP contribution is 2.29. The number of amides is 1. The fourth-order valence-electron chi connectivity index (χ4n) is 1.14. The largest absolute Gasteiger partial charge is 0.327 e. The number of nitrogens with two attached hydrogens (primary N) is 1. The van der Waals surface area contributed by atoms with E-state index in [1.165, 1.54) is 11.3 Å². The first-order chi connectivity index (χ1) is 7.29. The topological polar surface area (TPSA) is 68.0 Å². The summed E-state index contributed by atoms with van der Waals surface area (Å²) in [5, 5.41) is 3.40. The number of hydrogen-bond acceptors (Lipinski definition) is 4. The van der Waals surface area contributed by atoms with Crippen molar-refractivity contribution in [3.05, 3.63) is 11.1 Å². The number of carbonyl (C=O) groups excluding carboxylic acids is 1. The number of nitrogens with zero attached hydrogens (tertiary/aromatic N) is 1. The van der Waals surface area contributed by atoms with Gasteiger partial charge < -0.3 is 11.1 Å². The van der Waals surface area contributed by atoms with Crippen molar-refractivity contribution in [1.82, 2.24) is 4.98 Å². The average molecular weight is 241 g/mol. The van der Waals surface area contributed by atoms with Gasteiger partial charge in [-0.25, -0.2) is 4.98 Å². The van der Waals surface area contributed by atoms with E-state index in [1.54, 1.807) is 0 Å². The normalized spacial score (nSPS) is 13.6. The number of nitrogens with one attached hydrogen (secondary N) is 1. The summed E-state index contributed by atoms with van der Waals surface area (Å²) in [4.78, 5) is 16.8. The molecule has 3 N–H and O–H groups in total. The van der Waals surface area contributed by atoms with Gasteiger partial charge in [-0.2, -0.15) is 0 Å². The molecule has 1 amide bonds. The molecule has 0 aromatic carbocycles. The SMILES string of the molecule is CC(N)CC(=O)Nc1ncc(C(C)(C)C)s1. The van der Waals surface area contributed by atoms with Crippen LogP contribution in [0, 0.1) is 0 Å². The van der Waals surface area contributed by atoms with Crippen molar-refractivity contribution < 1.29 is 4.79 Å². The van der Waals surface area contributed by atoms with Crippen molar-refractivity contribution in [1.29, 1.82) is 0 Å². The number of rotatable bonds is 3. The molecular formula is C11H19N3OS. The zero-order valence-corrected chi connectivity index (χ0v) is 11.0. The molecule has 0 saturated carbocycles. The molecule has 5 heteroatoms. The van der Waals surface area contributed by atoms with Crippen LogP contribution >= 0.6 is 11.3 Å². The lowest BCUT2D eigenvalue weighted by atomic mass is 9.96. The highest BCUT2D eigenvalue weighted by Gasteiger charge is 2.17. The highest BCUT2D eigenvalue weighted by atomic mass is 32.1. The molecule has 0 aliphatic carbocycles. The van der Waals surface area contributed by atoms with Crippen molar-refractivity contribution in [2.75, 3.05) is 5.32 Å². The number of aromatic nitrogens is 1. The van der Waals surface area contributed by atoms with E-state index >= 15 is 0 Å². The summed E-state index contributed by atoms with van der Waals surface area (Å²) in [6.45, 7) is 8.16. The van der Waals surface area contributed by atoms with Crippen molar-refractivity contribution in [3.8, 4) is 0 Å². The molecule has 1 atom stereocenters. The summed E-state index contributed by atoms with van der Waals surface area (Å²) >= 11 is 1.51. The summed E-state index contributed by atoms with van der Waals surface area (Å²) in [7, 11) is 0. The van der Waals surface area contributed by atoms with E-state index in [4.69, 9.17) is 5.73 Å². The Hall–Kier alpha value is -0.940. The Bertz CT molecular complexity index is 366. The molecule has 1 aromatic heterocycles. The first kappa shape index (κ1) is 13.1. The molecule has 0 spiro atoms. The summed E-state index contributed by atoms with van der Waals surface area (Å²) < 4.78 is 0. The van der Waals surface area contributed by atoms with Crippen LogP contribution in [-0.2, 0) is 10.2 Å². The zero-order valence-electron chi connectivity index (χ0n) is 10.2. The van der Waals surface area contributed by atoms with E-state index < -0.39 is 0 Å². The van der Waals surface area contributed by atoms with Gasteiger partial charge in [0.05, 0.1) is 0 Å². The minimum Gasteiger partial charge on any atom is -0.327 e. The molecule has 1 unspecified atom stereocenters. The Morgan fingerprint density at radius 2 is 2.25 bits per heavy atom. The van der Waals surface area contributed by atoms with Gasteiger partial charge in [0, 0.05) is 23.5 Å². The van der Waals surface area contributed by atoms with Crippen LogP contribution in [0.1, 0.15) is 39.0 Å². The first-order valence-electron chi connectivity index (χ1n) is 5.31. The number of anilines is 1. The maximum atomic E-state index is 11.5. The fourth-order valence-corrected chi connectivity index (χ4v) is 2.03. The van der Waals surface area contributed by atoms with E-state index in [0.29, 0.717) is 11.6 Å². The molecule has 0 saturated heterocycles. The van der Waals surface area contributed by atoms with Gasteiger partial charge in [-0.15, -0.1) is 11.3 Å². The number of carbonyl (C=O) groups is 1. The Morgan fingerprint density at radius 1 is 1.62 bits per heavy atom. The van der Waals surface area contributed by atoms with E-state index in [9.17, 15) is 4.79 Å². The molecule has 1 heterocycles. The molecule has 90 valence electrons. The number of thiazole rings is 1. The van der Waals surface area contributed by atoms with Crippen LogP contribution in [0.5, 0.6) is 0 Å². The van der Waals surface area contributed by atoms with Crippen molar-refractivity contribution in [3.63, 3.8) is 0 Å². The molecule has 0 fully saturated rings. The molecule has 0 bridgehead atoms. The van der Waals surface area contributed by atoms with E-state index in [-0.39, 0.29) is 17.4 Å². The lowest BCUT2D eigenvalue weighted by Gasteiger charge is -2.14.